The van der Waals surface area contributed by atoms with Crippen molar-refractivity contribution in [2.75, 3.05) is 26.8 Å². The van der Waals surface area contributed by atoms with E-state index in [2.05, 4.69) is 30.6 Å². The molecule has 4 nitrogen and oxygen atoms in total. The van der Waals surface area contributed by atoms with Crippen LogP contribution in [-0.4, -0.2) is 49.3 Å². The molecular weight excluding hydrogens is 358 g/mol. The Balaban J connectivity index is 1.97. The van der Waals surface area contributed by atoms with Crippen molar-refractivity contribution in [2.24, 2.45) is 0 Å². The predicted molar refractivity (Wildman–Crippen MR) is 82.8 cm³/mol. The minimum Gasteiger partial charge on any atom is -0.373 e. The van der Waals surface area contributed by atoms with E-state index in [0.29, 0.717) is 0 Å². The van der Waals surface area contributed by atoms with E-state index in [0.717, 1.165) is 36.1 Å². The Kier molecular flexibility index (Phi) is 6.26. The SMILES string of the molecule is COC1(c2ccc(Br)nc2)CCN([C@H](C)COC(F)F)CC1. The molecule has 1 fully saturated rings. The summed E-state index contributed by atoms with van der Waals surface area (Å²) in [4.78, 5) is 6.43. The smallest absolute Gasteiger partial charge is 0.345 e. The Morgan fingerprint density at radius 2 is 2.05 bits per heavy atom. The number of likely N-dealkylation sites (tertiary alicyclic amines) is 1. The van der Waals surface area contributed by atoms with Gasteiger partial charge in [0.05, 0.1) is 12.2 Å². The van der Waals surface area contributed by atoms with Crippen molar-refractivity contribution >= 4 is 15.9 Å². The third-order valence-electron chi connectivity index (χ3n) is 4.34. The molecule has 2 rings (SSSR count). The summed E-state index contributed by atoms with van der Waals surface area (Å²) in [6, 6.07) is 3.88. The van der Waals surface area contributed by atoms with Crippen LogP contribution < -0.4 is 0 Å². The maximum Gasteiger partial charge on any atom is 0.345 e. The average Bonchev–Trinajstić information content (AvgIpc) is 2.53. The van der Waals surface area contributed by atoms with Gasteiger partial charge in [-0.05, 0) is 41.8 Å². The van der Waals surface area contributed by atoms with Crippen LogP contribution in [0.15, 0.2) is 22.9 Å². The molecule has 22 heavy (non-hydrogen) atoms. The van der Waals surface area contributed by atoms with Crippen LogP contribution in [-0.2, 0) is 15.1 Å². The second-order valence-electron chi connectivity index (χ2n) is 5.55. The topological polar surface area (TPSA) is 34.6 Å². The quantitative estimate of drug-likeness (QED) is 0.710. The number of methoxy groups -OCH3 is 1. The van der Waals surface area contributed by atoms with Crippen molar-refractivity contribution in [3.63, 3.8) is 0 Å². The average molecular weight is 379 g/mol. The highest BCUT2D eigenvalue weighted by molar-refractivity contribution is 9.10. The molecule has 1 aromatic heterocycles. The molecule has 0 aliphatic carbocycles. The first-order chi connectivity index (χ1) is 10.5. The van der Waals surface area contributed by atoms with E-state index in [1.807, 2.05) is 25.3 Å². The van der Waals surface area contributed by atoms with Crippen molar-refractivity contribution in [1.29, 1.82) is 0 Å². The van der Waals surface area contributed by atoms with Gasteiger partial charge in [-0.3, -0.25) is 4.90 Å². The van der Waals surface area contributed by atoms with Crippen LogP contribution in [0.2, 0.25) is 0 Å². The lowest BCUT2D eigenvalue weighted by molar-refractivity contribution is -0.145. The Morgan fingerprint density at radius 3 is 2.55 bits per heavy atom. The summed E-state index contributed by atoms with van der Waals surface area (Å²) in [7, 11) is 1.71. The molecule has 1 saturated heterocycles. The fourth-order valence-corrected chi connectivity index (χ4v) is 3.13. The van der Waals surface area contributed by atoms with Crippen molar-refractivity contribution in [2.45, 2.75) is 38.0 Å². The molecule has 0 N–H and O–H groups in total. The summed E-state index contributed by atoms with van der Waals surface area (Å²) in [6.07, 6.45) is 3.42. The van der Waals surface area contributed by atoms with Crippen molar-refractivity contribution < 1.29 is 18.3 Å². The van der Waals surface area contributed by atoms with Gasteiger partial charge >= 0.3 is 6.61 Å². The number of hydrogen-bond acceptors (Lipinski definition) is 4. The van der Waals surface area contributed by atoms with Crippen molar-refractivity contribution in [3.8, 4) is 0 Å². The minimum absolute atomic E-state index is 0.0353. The highest BCUT2D eigenvalue weighted by Crippen LogP contribution is 2.36. The molecule has 0 aromatic carbocycles. The van der Waals surface area contributed by atoms with E-state index in [1.165, 1.54) is 0 Å². The molecule has 1 aliphatic heterocycles. The zero-order chi connectivity index (χ0) is 16.2. The molecule has 7 heteroatoms. The number of halogens is 3. The van der Waals surface area contributed by atoms with Gasteiger partial charge in [0, 0.05) is 38.0 Å². The van der Waals surface area contributed by atoms with Crippen LogP contribution >= 0.6 is 15.9 Å². The summed E-state index contributed by atoms with van der Waals surface area (Å²) < 4.78 is 35.2. The lowest BCUT2D eigenvalue weighted by Crippen LogP contribution is -2.48. The molecule has 0 bridgehead atoms. The Hall–Kier alpha value is -0.630. The summed E-state index contributed by atoms with van der Waals surface area (Å²) in [5, 5.41) is 0. The maximum atomic E-state index is 12.1. The number of hydrogen-bond donors (Lipinski definition) is 0. The highest BCUT2D eigenvalue weighted by atomic mass is 79.9. The Morgan fingerprint density at radius 1 is 1.36 bits per heavy atom. The van der Waals surface area contributed by atoms with Crippen LogP contribution in [0.3, 0.4) is 0 Å². The Labute approximate surface area is 137 Å². The first-order valence-corrected chi connectivity index (χ1v) is 8.07. The van der Waals surface area contributed by atoms with Crippen LogP contribution in [0.4, 0.5) is 8.78 Å². The van der Waals surface area contributed by atoms with E-state index in [-0.39, 0.29) is 18.2 Å². The summed E-state index contributed by atoms with van der Waals surface area (Å²) in [5.41, 5.74) is 0.697. The second kappa shape index (κ2) is 7.77. The number of nitrogens with zero attached hydrogens (tertiary/aromatic N) is 2. The van der Waals surface area contributed by atoms with Gasteiger partial charge in [-0.25, -0.2) is 4.98 Å². The predicted octanol–water partition coefficient (Wildman–Crippen LogP) is 3.41. The van der Waals surface area contributed by atoms with E-state index in [1.54, 1.807) is 7.11 Å². The molecule has 2 heterocycles. The van der Waals surface area contributed by atoms with Crippen LogP contribution in [0.5, 0.6) is 0 Å². The monoisotopic (exact) mass is 378 g/mol. The summed E-state index contributed by atoms with van der Waals surface area (Å²) in [6.45, 7) is 0.787. The number of piperidine rings is 1. The largest absolute Gasteiger partial charge is 0.373 e. The van der Waals surface area contributed by atoms with Gasteiger partial charge in [0.2, 0.25) is 0 Å². The first-order valence-electron chi connectivity index (χ1n) is 7.28. The molecule has 1 atom stereocenters. The molecule has 0 radical (unpaired) electrons. The Bertz CT molecular complexity index is 465. The van der Waals surface area contributed by atoms with Crippen molar-refractivity contribution in [1.82, 2.24) is 9.88 Å². The van der Waals surface area contributed by atoms with Gasteiger partial charge in [-0.2, -0.15) is 8.78 Å². The molecule has 124 valence electrons. The molecule has 0 saturated carbocycles. The molecule has 0 amide bonds. The van der Waals surface area contributed by atoms with E-state index in [9.17, 15) is 8.78 Å². The number of rotatable bonds is 6. The summed E-state index contributed by atoms with van der Waals surface area (Å²) >= 11 is 3.33. The van der Waals surface area contributed by atoms with E-state index in [4.69, 9.17) is 4.74 Å². The maximum absolute atomic E-state index is 12.1. The molecule has 1 aromatic rings. The number of aromatic nitrogens is 1. The van der Waals surface area contributed by atoms with Gasteiger partial charge in [-0.15, -0.1) is 0 Å². The standard InChI is InChI=1S/C15H21BrF2N2O2/c1-11(10-22-14(17)18)20-7-5-15(21-2,6-8-20)12-3-4-13(16)19-9-12/h3-4,9,11,14H,5-8,10H2,1-2H3/t11-/m1/s1. The fourth-order valence-electron chi connectivity index (χ4n) is 2.90. The van der Waals surface area contributed by atoms with E-state index >= 15 is 0 Å². The lowest BCUT2D eigenvalue weighted by atomic mass is 9.84. The van der Waals surface area contributed by atoms with Gasteiger partial charge < -0.3 is 9.47 Å². The third-order valence-corrected chi connectivity index (χ3v) is 4.81. The molecule has 0 unspecified atom stereocenters. The van der Waals surface area contributed by atoms with Gasteiger partial charge in [-0.1, -0.05) is 6.07 Å². The molecular formula is C15H21BrF2N2O2. The van der Waals surface area contributed by atoms with Crippen molar-refractivity contribution in [3.05, 3.63) is 28.5 Å². The van der Waals surface area contributed by atoms with Gasteiger partial charge in [0.1, 0.15) is 4.60 Å². The van der Waals surface area contributed by atoms with Crippen LogP contribution in [0.1, 0.15) is 25.3 Å². The van der Waals surface area contributed by atoms with E-state index < -0.39 is 6.61 Å². The zero-order valence-corrected chi connectivity index (χ0v) is 14.4. The number of pyridine rings is 1. The third kappa shape index (κ3) is 4.22. The molecule has 1 aliphatic rings. The van der Waals surface area contributed by atoms with Crippen LogP contribution in [0.25, 0.3) is 0 Å². The molecule has 0 spiro atoms. The number of alkyl halides is 2. The fraction of sp³-hybridized carbons (Fsp3) is 0.667. The minimum atomic E-state index is -2.71. The highest BCUT2D eigenvalue weighted by Gasteiger charge is 2.37. The van der Waals surface area contributed by atoms with Gasteiger partial charge in [0.25, 0.3) is 0 Å². The van der Waals surface area contributed by atoms with Crippen LogP contribution in [0, 0.1) is 0 Å². The summed E-state index contributed by atoms with van der Waals surface area (Å²) in [5.74, 6) is 0. The van der Waals surface area contributed by atoms with Gasteiger partial charge in [0.15, 0.2) is 0 Å². The first kappa shape index (κ1) is 17.7. The second-order valence-corrected chi connectivity index (χ2v) is 6.36. The lowest BCUT2D eigenvalue weighted by Gasteiger charge is -2.43. The zero-order valence-electron chi connectivity index (χ0n) is 12.8. The normalized spacial score (nSPS) is 20.3. The number of ether oxygens (including phenoxy) is 2.